The Kier molecular flexibility index (Phi) is 5.59. The van der Waals surface area contributed by atoms with E-state index >= 15 is 0 Å². The van der Waals surface area contributed by atoms with Crippen molar-refractivity contribution in [2.45, 2.75) is 18.9 Å². The van der Waals surface area contributed by atoms with E-state index in [1.54, 1.807) is 4.90 Å². The van der Waals surface area contributed by atoms with Crippen LogP contribution in [-0.4, -0.2) is 82.9 Å². The number of rotatable bonds is 7. The fraction of sp³-hybridized carbons (Fsp3) is 0.923. The van der Waals surface area contributed by atoms with Crippen LogP contribution in [0.2, 0.25) is 0 Å². The molecule has 0 radical (unpaired) electrons. The molecule has 0 aromatic heterocycles. The summed E-state index contributed by atoms with van der Waals surface area (Å²) in [5, 5.41) is 0. The van der Waals surface area contributed by atoms with E-state index < -0.39 is 10.0 Å². The molecule has 1 atom stereocenters. The molecule has 122 valence electrons. The van der Waals surface area contributed by atoms with Gasteiger partial charge in [0, 0.05) is 26.2 Å². The number of ether oxygens (including phenoxy) is 1. The second-order valence-electron chi connectivity index (χ2n) is 6.09. The van der Waals surface area contributed by atoms with Gasteiger partial charge in [0.1, 0.15) is 0 Å². The number of carbonyl (C=O) groups is 1. The van der Waals surface area contributed by atoms with Crippen LogP contribution in [0, 0.1) is 5.92 Å². The zero-order valence-electron chi connectivity index (χ0n) is 12.7. The first kappa shape index (κ1) is 16.7. The third-order valence-corrected chi connectivity index (χ3v) is 4.45. The lowest BCUT2D eigenvalue weighted by molar-refractivity contribution is -0.133. The summed E-state index contributed by atoms with van der Waals surface area (Å²) < 4.78 is 30.2. The highest BCUT2D eigenvalue weighted by Crippen LogP contribution is 2.29. The van der Waals surface area contributed by atoms with Crippen LogP contribution < -0.4 is 4.72 Å². The third-order valence-electron chi connectivity index (χ3n) is 3.78. The molecule has 2 fully saturated rings. The molecule has 2 aliphatic rings. The lowest BCUT2D eigenvalue weighted by Gasteiger charge is -2.34. The van der Waals surface area contributed by atoms with Gasteiger partial charge in [0.15, 0.2) is 0 Å². The van der Waals surface area contributed by atoms with Gasteiger partial charge in [-0.3, -0.25) is 4.79 Å². The standard InChI is InChI=1S/C13H25N3O4S/c1-15-5-6-20-12(9-15)10-16(8-11-3-4-11)13(17)7-14-21(2,18)19/h11-12,14H,3-10H2,1-2H3/t12-/m0/s1. The number of amides is 1. The molecule has 0 aromatic rings. The van der Waals surface area contributed by atoms with Gasteiger partial charge in [0.05, 0.1) is 25.5 Å². The van der Waals surface area contributed by atoms with Crippen molar-refractivity contribution >= 4 is 15.9 Å². The predicted octanol–water partition coefficient (Wildman–Crippen LogP) is -0.895. The fourth-order valence-electron chi connectivity index (χ4n) is 2.42. The molecule has 1 N–H and O–H groups in total. The summed E-state index contributed by atoms with van der Waals surface area (Å²) in [7, 11) is -1.31. The Hall–Kier alpha value is -0.700. The Morgan fingerprint density at radius 3 is 2.67 bits per heavy atom. The molecule has 1 amide bonds. The predicted molar refractivity (Wildman–Crippen MR) is 79.4 cm³/mol. The lowest BCUT2D eigenvalue weighted by Crippen LogP contribution is -2.49. The van der Waals surface area contributed by atoms with Gasteiger partial charge in [-0.05, 0) is 25.8 Å². The topological polar surface area (TPSA) is 79.0 Å². The van der Waals surface area contributed by atoms with Gasteiger partial charge in [0.2, 0.25) is 15.9 Å². The van der Waals surface area contributed by atoms with Crippen LogP contribution in [0.25, 0.3) is 0 Å². The number of sulfonamides is 1. The number of likely N-dealkylation sites (N-methyl/N-ethyl adjacent to an activating group) is 1. The van der Waals surface area contributed by atoms with Crippen molar-refractivity contribution in [3.8, 4) is 0 Å². The van der Waals surface area contributed by atoms with E-state index in [1.165, 1.54) is 0 Å². The molecule has 8 heteroatoms. The summed E-state index contributed by atoms with van der Waals surface area (Å²) in [5.74, 6) is 0.387. The van der Waals surface area contributed by atoms with Crippen molar-refractivity contribution in [2.75, 3.05) is 52.6 Å². The molecule has 2 rings (SSSR count). The molecule has 1 aliphatic carbocycles. The van der Waals surface area contributed by atoms with E-state index in [4.69, 9.17) is 4.74 Å². The highest BCUT2D eigenvalue weighted by Gasteiger charge is 2.29. The van der Waals surface area contributed by atoms with E-state index in [2.05, 4.69) is 9.62 Å². The summed E-state index contributed by atoms with van der Waals surface area (Å²) in [6, 6.07) is 0. The zero-order chi connectivity index (χ0) is 15.5. The largest absolute Gasteiger partial charge is 0.374 e. The number of morpholine rings is 1. The van der Waals surface area contributed by atoms with Gasteiger partial charge in [-0.25, -0.2) is 13.1 Å². The summed E-state index contributed by atoms with van der Waals surface area (Å²) in [6.45, 7) is 3.44. The van der Waals surface area contributed by atoms with Crippen molar-refractivity contribution in [3.63, 3.8) is 0 Å². The van der Waals surface area contributed by atoms with Crippen molar-refractivity contribution in [2.24, 2.45) is 5.92 Å². The second-order valence-corrected chi connectivity index (χ2v) is 7.92. The van der Waals surface area contributed by atoms with Gasteiger partial charge in [-0.2, -0.15) is 0 Å². The van der Waals surface area contributed by atoms with E-state index in [1.807, 2.05) is 7.05 Å². The van der Waals surface area contributed by atoms with Gasteiger partial charge in [0.25, 0.3) is 0 Å². The highest BCUT2D eigenvalue weighted by molar-refractivity contribution is 7.88. The first-order chi connectivity index (χ1) is 9.83. The molecule has 1 aliphatic heterocycles. The Morgan fingerprint density at radius 1 is 1.38 bits per heavy atom. The molecule has 0 aromatic carbocycles. The summed E-state index contributed by atoms with van der Waals surface area (Å²) in [4.78, 5) is 16.2. The van der Waals surface area contributed by atoms with Crippen LogP contribution in [0.3, 0.4) is 0 Å². The molecule has 0 spiro atoms. The summed E-state index contributed by atoms with van der Waals surface area (Å²) in [5.41, 5.74) is 0. The molecule has 0 unspecified atom stereocenters. The van der Waals surface area contributed by atoms with E-state index in [0.717, 1.165) is 32.2 Å². The SMILES string of the molecule is CN1CCO[C@H](CN(CC2CC2)C(=O)CNS(C)(=O)=O)C1. The highest BCUT2D eigenvalue weighted by atomic mass is 32.2. The minimum atomic E-state index is -3.34. The number of hydrogen-bond acceptors (Lipinski definition) is 5. The van der Waals surface area contributed by atoms with Crippen LogP contribution in [-0.2, 0) is 19.6 Å². The van der Waals surface area contributed by atoms with E-state index in [0.29, 0.717) is 25.6 Å². The average molecular weight is 319 g/mol. The maximum absolute atomic E-state index is 12.2. The Bertz CT molecular complexity index is 464. The molecule has 1 saturated carbocycles. The monoisotopic (exact) mass is 319 g/mol. The molecule has 1 saturated heterocycles. The maximum Gasteiger partial charge on any atom is 0.237 e. The van der Waals surface area contributed by atoms with Crippen LogP contribution in [0.5, 0.6) is 0 Å². The number of carbonyl (C=O) groups excluding carboxylic acids is 1. The zero-order valence-corrected chi connectivity index (χ0v) is 13.6. The van der Waals surface area contributed by atoms with Crippen LogP contribution in [0.1, 0.15) is 12.8 Å². The van der Waals surface area contributed by atoms with Crippen LogP contribution in [0.15, 0.2) is 0 Å². The van der Waals surface area contributed by atoms with E-state index in [9.17, 15) is 13.2 Å². The molecular weight excluding hydrogens is 294 g/mol. The van der Waals surface area contributed by atoms with Gasteiger partial charge >= 0.3 is 0 Å². The molecule has 0 bridgehead atoms. The molecule has 7 nitrogen and oxygen atoms in total. The molecule has 1 heterocycles. The first-order valence-corrected chi connectivity index (χ1v) is 9.25. The quantitative estimate of drug-likeness (QED) is 0.658. The molecular formula is C13H25N3O4S. The molecule has 21 heavy (non-hydrogen) atoms. The second kappa shape index (κ2) is 7.04. The lowest BCUT2D eigenvalue weighted by atomic mass is 10.2. The van der Waals surface area contributed by atoms with Gasteiger partial charge < -0.3 is 14.5 Å². The van der Waals surface area contributed by atoms with Crippen molar-refractivity contribution in [1.29, 1.82) is 0 Å². The number of nitrogens with one attached hydrogen (secondary N) is 1. The summed E-state index contributed by atoms with van der Waals surface area (Å²) >= 11 is 0. The number of hydrogen-bond donors (Lipinski definition) is 1. The fourth-order valence-corrected chi connectivity index (χ4v) is 2.80. The summed E-state index contributed by atoms with van der Waals surface area (Å²) in [6.07, 6.45) is 3.36. The van der Waals surface area contributed by atoms with E-state index in [-0.39, 0.29) is 18.6 Å². The normalized spacial score (nSPS) is 24.0. The van der Waals surface area contributed by atoms with Crippen LogP contribution >= 0.6 is 0 Å². The average Bonchev–Trinajstić information content (AvgIpc) is 3.18. The van der Waals surface area contributed by atoms with Gasteiger partial charge in [-0.15, -0.1) is 0 Å². The Labute approximate surface area is 126 Å². The smallest absolute Gasteiger partial charge is 0.237 e. The Balaban J connectivity index is 1.88. The first-order valence-electron chi connectivity index (χ1n) is 7.36. The number of nitrogens with zero attached hydrogens (tertiary/aromatic N) is 2. The minimum absolute atomic E-state index is 0.00434. The van der Waals surface area contributed by atoms with Crippen molar-refractivity contribution in [1.82, 2.24) is 14.5 Å². The van der Waals surface area contributed by atoms with Gasteiger partial charge in [-0.1, -0.05) is 0 Å². The van der Waals surface area contributed by atoms with Crippen molar-refractivity contribution < 1.29 is 17.9 Å². The van der Waals surface area contributed by atoms with Crippen molar-refractivity contribution in [3.05, 3.63) is 0 Å². The Morgan fingerprint density at radius 2 is 2.10 bits per heavy atom. The maximum atomic E-state index is 12.2. The third kappa shape index (κ3) is 6.29. The minimum Gasteiger partial charge on any atom is -0.374 e. The van der Waals surface area contributed by atoms with Crippen LogP contribution in [0.4, 0.5) is 0 Å².